The summed E-state index contributed by atoms with van der Waals surface area (Å²) in [7, 11) is 0. The number of aliphatic hydroxyl groups is 1. The van der Waals surface area contributed by atoms with Gasteiger partial charge in [0.2, 0.25) is 0 Å². The fourth-order valence-electron chi connectivity index (χ4n) is 2.14. The Morgan fingerprint density at radius 2 is 2.38 bits per heavy atom. The van der Waals surface area contributed by atoms with Crippen LogP contribution < -0.4 is 5.73 Å². The van der Waals surface area contributed by atoms with Crippen LogP contribution in [0.15, 0.2) is 0 Å². The first-order valence-electron chi connectivity index (χ1n) is 5.23. The summed E-state index contributed by atoms with van der Waals surface area (Å²) >= 11 is 0. The molecule has 1 saturated heterocycles. The van der Waals surface area contributed by atoms with E-state index in [2.05, 4.69) is 6.92 Å². The van der Waals surface area contributed by atoms with Crippen LogP contribution in [0, 0.1) is 11.8 Å². The van der Waals surface area contributed by atoms with E-state index in [-0.39, 0.29) is 12.6 Å². The Morgan fingerprint density at radius 1 is 1.62 bits per heavy atom. The maximum atomic E-state index is 8.95. The van der Waals surface area contributed by atoms with E-state index in [0.717, 1.165) is 32.5 Å². The van der Waals surface area contributed by atoms with E-state index in [1.54, 1.807) is 0 Å². The lowest BCUT2D eigenvalue weighted by atomic mass is 9.82. The molecule has 1 heterocycles. The van der Waals surface area contributed by atoms with Gasteiger partial charge in [-0.2, -0.15) is 0 Å². The average molecular weight is 187 g/mol. The molecule has 3 nitrogen and oxygen atoms in total. The second kappa shape index (κ2) is 5.58. The van der Waals surface area contributed by atoms with Crippen molar-refractivity contribution in [1.29, 1.82) is 0 Å². The van der Waals surface area contributed by atoms with Crippen LogP contribution >= 0.6 is 0 Å². The fourth-order valence-corrected chi connectivity index (χ4v) is 2.14. The Labute approximate surface area is 80.3 Å². The van der Waals surface area contributed by atoms with Crippen LogP contribution in [-0.4, -0.2) is 31.0 Å². The molecule has 1 rings (SSSR count). The molecule has 1 fully saturated rings. The van der Waals surface area contributed by atoms with Gasteiger partial charge in [0.25, 0.3) is 0 Å². The molecule has 0 amide bonds. The Kier molecular flexibility index (Phi) is 4.70. The van der Waals surface area contributed by atoms with Gasteiger partial charge < -0.3 is 15.6 Å². The number of aliphatic hydroxyl groups excluding tert-OH is 1. The van der Waals surface area contributed by atoms with Crippen LogP contribution in [0.25, 0.3) is 0 Å². The summed E-state index contributed by atoms with van der Waals surface area (Å²) in [6, 6.07) is 0.221. The van der Waals surface area contributed by atoms with E-state index in [1.165, 1.54) is 0 Å². The first kappa shape index (κ1) is 11.0. The highest BCUT2D eigenvalue weighted by molar-refractivity contribution is 4.80. The Morgan fingerprint density at radius 3 is 2.85 bits per heavy atom. The second-order valence-electron chi connectivity index (χ2n) is 3.87. The van der Waals surface area contributed by atoms with Crippen molar-refractivity contribution in [2.75, 3.05) is 19.8 Å². The molecule has 0 aromatic rings. The summed E-state index contributed by atoms with van der Waals surface area (Å²) in [5.74, 6) is 1.01. The van der Waals surface area contributed by atoms with E-state index in [9.17, 15) is 0 Å². The van der Waals surface area contributed by atoms with E-state index in [0.29, 0.717) is 11.8 Å². The molecule has 13 heavy (non-hydrogen) atoms. The maximum Gasteiger partial charge on any atom is 0.0498 e. The third kappa shape index (κ3) is 2.93. The molecule has 0 bridgehead atoms. The molecule has 0 aromatic heterocycles. The van der Waals surface area contributed by atoms with Gasteiger partial charge >= 0.3 is 0 Å². The predicted molar refractivity (Wildman–Crippen MR) is 52.4 cm³/mol. The van der Waals surface area contributed by atoms with Crippen molar-refractivity contribution in [3.05, 3.63) is 0 Å². The third-order valence-corrected chi connectivity index (χ3v) is 3.05. The first-order valence-corrected chi connectivity index (χ1v) is 5.23. The molecule has 0 aliphatic carbocycles. The molecular formula is C10H21NO2. The number of rotatable bonds is 5. The number of hydrogen-bond acceptors (Lipinski definition) is 3. The van der Waals surface area contributed by atoms with Crippen LogP contribution in [0.1, 0.15) is 26.2 Å². The average Bonchev–Trinajstić information content (AvgIpc) is 2.65. The Bertz CT molecular complexity index is 135. The summed E-state index contributed by atoms with van der Waals surface area (Å²) in [4.78, 5) is 0. The lowest BCUT2D eigenvalue weighted by molar-refractivity contribution is 0.148. The van der Waals surface area contributed by atoms with Crippen molar-refractivity contribution < 1.29 is 9.84 Å². The zero-order valence-electron chi connectivity index (χ0n) is 8.41. The van der Waals surface area contributed by atoms with Crippen molar-refractivity contribution in [2.24, 2.45) is 17.6 Å². The van der Waals surface area contributed by atoms with Crippen molar-refractivity contribution >= 4 is 0 Å². The molecule has 78 valence electrons. The monoisotopic (exact) mass is 187 g/mol. The van der Waals surface area contributed by atoms with Gasteiger partial charge in [0, 0.05) is 25.9 Å². The Balaban J connectivity index is 2.44. The summed E-state index contributed by atoms with van der Waals surface area (Å²) < 4.78 is 5.34. The van der Waals surface area contributed by atoms with Crippen LogP contribution in [0.3, 0.4) is 0 Å². The SMILES string of the molecule is CCC(N)C(CCO)C1CCOC1. The van der Waals surface area contributed by atoms with Gasteiger partial charge in [-0.1, -0.05) is 6.92 Å². The molecule has 3 atom stereocenters. The minimum absolute atomic E-state index is 0.221. The van der Waals surface area contributed by atoms with Crippen LogP contribution in [-0.2, 0) is 4.74 Å². The van der Waals surface area contributed by atoms with Gasteiger partial charge in [-0.15, -0.1) is 0 Å². The summed E-state index contributed by atoms with van der Waals surface area (Å²) in [5.41, 5.74) is 6.02. The highest BCUT2D eigenvalue weighted by atomic mass is 16.5. The van der Waals surface area contributed by atoms with Gasteiger partial charge in [-0.25, -0.2) is 0 Å². The molecule has 1 aliphatic rings. The van der Waals surface area contributed by atoms with E-state index < -0.39 is 0 Å². The topological polar surface area (TPSA) is 55.5 Å². The summed E-state index contributed by atoms with van der Waals surface area (Å²) in [5, 5.41) is 8.95. The van der Waals surface area contributed by atoms with E-state index in [4.69, 9.17) is 15.6 Å². The minimum Gasteiger partial charge on any atom is -0.396 e. The Hall–Kier alpha value is -0.120. The third-order valence-electron chi connectivity index (χ3n) is 3.05. The van der Waals surface area contributed by atoms with Crippen molar-refractivity contribution in [1.82, 2.24) is 0 Å². The molecular weight excluding hydrogens is 166 g/mol. The quantitative estimate of drug-likeness (QED) is 0.668. The predicted octanol–water partition coefficient (Wildman–Crippen LogP) is 0.759. The maximum absolute atomic E-state index is 8.95. The molecule has 1 aliphatic heterocycles. The fraction of sp³-hybridized carbons (Fsp3) is 1.00. The zero-order chi connectivity index (χ0) is 9.68. The molecule has 3 heteroatoms. The van der Waals surface area contributed by atoms with Crippen molar-refractivity contribution in [3.8, 4) is 0 Å². The van der Waals surface area contributed by atoms with Gasteiger partial charge in [0.05, 0.1) is 0 Å². The van der Waals surface area contributed by atoms with Crippen molar-refractivity contribution in [3.63, 3.8) is 0 Å². The van der Waals surface area contributed by atoms with Gasteiger partial charge in [0.1, 0.15) is 0 Å². The molecule has 3 unspecified atom stereocenters. The number of ether oxygens (including phenoxy) is 1. The highest BCUT2D eigenvalue weighted by Gasteiger charge is 2.28. The van der Waals surface area contributed by atoms with Crippen LogP contribution in [0.2, 0.25) is 0 Å². The minimum atomic E-state index is 0.221. The molecule has 0 spiro atoms. The normalized spacial score (nSPS) is 27.5. The van der Waals surface area contributed by atoms with Gasteiger partial charge in [0.15, 0.2) is 0 Å². The lowest BCUT2D eigenvalue weighted by Gasteiger charge is -2.27. The molecule has 0 saturated carbocycles. The van der Waals surface area contributed by atoms with Gasteiger partial charge in [-0.05, 0) is 31.1 Å². The van der Waals surface area contributed by atoms with E-state index in [1.807, 2.05) is 0 Å². The molecule has 0 aromatic carbocycles. The molecule has 3 N–H and O–H groups in total. The summed E-state index contributed by atoms with van der Waals surface area (Å²) in [6.45, 7) is 4.04. The van der Waals surface area contributed by atoms with Crippen molar-refractivity contribution in [2.45, 2.75) is 32.2 Å². The van der Waals surface area contributed by atoms with Gasteiger partial charge in [-0.3, -0.25) is 0 Å². The zero-order valence-corrected chi connectivity index (χ0v) is 8.41. The van der Waals surface area contributed by atoms with Crippen LogP contribution in [0.5, 0.6) is 0 Å². The number of hydrogen-bond donors (Lipinski definition) is 2. The highest BCUT2D eigenvalue weighted by Crippen LogP contribution is 2.27. The second-order valence-corrected chi connectivity index (χ2v) is 3.87. The standard InChI is InChI=1S/C10H21NO2/c1-2-10(11)9(3-5-12)8-4-6-13-7-8/h8-10,12H,2-7,11H2,1H3. The van der Waals surface area contributed by atoms with E-state index >= 15 is 0 Å². The largest absolute Gasteiger partial charge is 0.396 e. The molecule has 0 radical (unpaired) electrons. The smallest absolute Gasteiger partial charge is 0.0498 e. The van der Waals surface area contributed by atoms with Crippen LogP contribution in [0.4, 0.5) is 0 Å². The lowest BCUT2D eigenvalue weighted by Crippen LogP contribution is -2.35. The summed E-state index contributed by atoms with van der Waals surface area (Å²) in [6.07, 6.45) is 2.92. The first-order chi connectivity index (χ1) is 6.29. The number of nitrogens with two attached hydrogens (primary N) is 1.